The second-order valence-corrected chi connectivity index (χ2v) is 3.75. The molecule has 1 nitrogen and oxygen atoms in total. The molecule has 2 rings (SSSR count). The maximum Gasteiger partial charge on any atom is 0.0143 e. The molecule has 2 fully saturated rings. The van der Waals surface area contributed by atoms with Crippen LogP contribution >= 0.6 is 11.8 Å². The highest BCUT2D eigenvalue weighted by Gasteiger charge is 2.52. The maximum absolute atomic E-state index is 3.33. The van der Waals surface area contributed by atoms with Crippen molar-refractivity contribution < 1.29 is 0 Å². The molecular weight excluding hydrogens is 118 g/mol. The van der Waals surface area contributed by atoms with Gasteiger partial charge in [-0.05, 0) is 30.4 Å². The summed E-state index contributed by atoms with van der Waals surface area (Å²) in [5.74, 6) is 4.92. The van der Waals surface area contributed by atoms with Gasteiger partial charge < -0.3 is 5.32 Å². The number of hydrogen-bond acceptors (Lipinski definition) is 2. The van der Waals surface area contributed by atoms with Gasteiger partial charge in [-0.2, -0.15) is 11.8 Å². The topological polar surface area (TPSA) is 12.0 Å². The second-order valence-electron chi connectivity index (χ2n) is 2.68. The summed E-state index contributed by atoms with van der Waals surface area (Å²) in [6, 6.07) is 0.899. The summed E-state index contributed by atoms with van der Waals surface area (Å²) < 4.78 is 0. The number of rotatable bonds is 1. The van der Waals surface area contributed by atoms with Crippen molar-refractivity contribution in [1.29, 1.82) is 0 Å². The van der Waals surface area contributed by atoms with Crippen LogP contribution in [0.25, 0.3) is 0 Å². The van der Waals surface area contributed by atoms with E-state index < -0.39 is 0 Å². The summed E-state index contributed by atoms with van der Waals surface area (Å²) in [6.07, 6.45) is 0. The van der Waals surface area contributed by atoms with Crippen LogP contribution < -0.4 is 5.32 Å². The zero-order valence-electron chi connectivity index (χ0n) is 5.05. The third kappa shape index (κ3) is 0.531. The molecule has 1 saturated heterocycles. The van der Waals surface area contributed by atoms with Gasteiger partial charge in [0.15, 0.2) is 0 Å². The SMILES string of the molecule is CNC1C2CSCC21. The van der Waals surface area contributed by atoms with Crippen molar-refractivity contribution in [3.63, 3.8) is 0 Å². The van der Waals surface area contributed by atoms with E-state index in [0.29, 0.717) is 0 Å². The van der Waals surface area contributed by atoms with E-state index in [0.717, 1.165) is 17.9 Å². The van der Waals surface area contributed by atoms with Crippen LogP contribution in [0.3, 0.4) is 0 Å². The molecule has 1 aliphatic carbocycles. The first-order valence-corrected chi connectivity index (χ1v) is 4.34. The molecule has 2 atom stereocenters. The number of nitrogens with one attached hydrogen (secondary N) is 1. The van der Waals surface area contributed by atoms with Gasteiger partial charge in [0.05, 0.1) is 0 Å². The number of thioether (sulfide) groups is 1. The first kappa shape index (κ1) is 5.12. The van der Waals surface area contributed by atoms with Crippen LogP contribution in [-0.4, -0.2) is 24.6 Å². The van der Waals surface area contributed by atoms with E-state index in [2.05, 4.69) is 24.1 Å². The number of fused-ring (bicyclic) bond motifs is 1. The Morgan fingerprint density at radius 1 is 1.38 bits per heavy atom. The summed E-state index contributed by atoms with van der Waals surface area (Å²) in [7, 11) is 2.08. The Balaban J connectivity index is 1.94. The van der Waals surface area contributed by atoms with Crippen LogP contribution in [0.5, 0.6) is 0 Å². The van der Waals surface area contributed by atoms with Crippen LogP contribution in [-0.2, 0) is 0 Å². The van der Waals surface area contributed by atoms with Crippen molar-refractivity contribution in [3.05, 3.63) is 0 Å². The molecule has 0 aromatic rings. The normalized spacial score (nSPS) is 51.4. The van der Waals surface area contributed by atoms with E-state index in [1.54, 1.807) is 0 Å². The quantitative estimate of drug-likeness (QED) is 0.555. The molecular formula is C6H11NS. The first-order chi connectivity index (χ1) is 3.93. The highest BCUT2D eigenvalue weighted by atomic mass is 32.2. The Morgan fingerprint density at radius 3 is 2.38 bits per heavy atom. The molecule has 0 aromatic heterocycles. The summed E-state index contributed by atoms with van der Waals surface area (Å²) in [4.78, 5) is 0. The minimum absolute atomic E-state index is 0.899. The predicted octanol–water partition coefficient (Wildman–Crippen LogP) is 0.567. The molecule has 1 heterocycles. The molecule has 1 N–H and O–H groups in total. The minimum Gasteiger partial charge on any atom is -0.316 e. The lowest BCUT2D eigenvalue weighted by atomic mass is 10.4. The summed E-state index contributed by atoms with van der Waals surface area (Å²) >= 11 is 2.11. The molecule has 2 unspecified atom stereocenters. The second kappa shape index (κ2) is 1.64. The van der Waals surface area contributed by atoms with Crippen LogP contribution in [0.4, 0.5) is 0 Å². The molecule has 0 spiro atoms. The van der Waals surface area contributed by atoms with Gasteiger partial charge in [0.25, 0.3) is 0 Å². The Hall–Kier alpha value is 0.310. The highest BCUT2D eigenvalue weighted by Crippen LogP contribution is 2.49. The smallest absolute Gasteiger partial charge is 0.0143 e. The van der Waals surface area contributed by atoms with Crippen molar-refractivity contribution in [2.45, 2.75) is 6.04 Å². The lowest BCUT2D eigenvalue weighted by Gasteiger charge is -1.97. The van der Waals surface area contributed by atoms with Crippen LogP contribution in [0.15, 0.2) is 0 Å². The molecule has 0 amide bonds. The zero-order valence-corrected chi connectivity index (χ0v) is 5.87. The van der Waals surface area contributed by atoms with Crippen molar-refractivity contribution in [2.24, 2.45) is 11.8 Å². The predicted molar refractivity (Wildman–Crippen MR) is 37.2 cm³/mol. The van der Waals surface area contributed by atoms with Crippen LogP contribution in [0.2, 0.25) is 0 Å². The Morgan fingerprint density at radius 2 is 2.00 bits per heavy atom. The third-order valence-electron chi connectivity index (χ3n) is 2.29. The van der Waals surface area contributed by atoms with Crippen molar-refractivity contribution in [1.82, 2.24) is 5.32 Å². The maximum atomic E-state index is 3.33. The minimum atomic E-state index is 0.899. The molecule has 0 aromatic carbocycles. The molecule has 1 saturated carbocycles. The van der Waals surface area contributed by atoms with Crippen molar-refractivity contribution in [3.8, 4) is 0 Å². The lowest BCUT2D eigenvalue weighted by Crippen LogP contribution is -2.15. The molecule has 46 valence electrons. The molecule has 2 heteroatoms. The molecule has 0 bridgehead atoms. The first-order valence-electron chi connectivity index (χ1n) is 3.18. The average Bonchev–Trinajstić information content (AvgIpc) is 2.22. The van der Waals surface area contributed by atoms with Gasteiger partial charge >= 0.3 is 0 Å². The van der Waals surface area contributed by atoms with Gasteiger partial charge in [-0.3, -0.25) is 0 Å². The van der Waals surface area contributed by atoms with Gasteiger partial charge in [-0.25, -0.2) is 0 Å². The van der Waals surface area contributed by atoms with E-state index in [1.807, 2.05) is 0 Å². The average molecular weight is 129 g/mol. The van der Waals surface area contributed by atoms with Crippen LogP contribution in [0.1, 0.15) is 0 Å². The van der Waals surface area contributed by atoms with E-state index in [9.17, 15) is 0 Å². The fourth-order valence-corrected chi connectivity index (χ4v) is 3.26. The zero-order chi connectivity index (χ0) is 5.56. The summed E-state index contributed by atoms with van der Waals surface area (Å²) in [5, 5.41) is 3.33. The van der Waals surface area contributed by atoms with Crippen molar-refractivity contribution >= 4 is 11.8 Å². The van der Waals surface area contributed by atoms with Crippen LogP contribution in [0, 0.1) is 11.8 Å². The van der Waals surface area contributed by atoms with Gasteiger partial charge in [0.1, 0.15) is 0 Å². The fraction of sp³-hybridized carbons (Fsp3) is 1.00. The highest BCUT2D eigenvalue weighted by molar-refractivity contribution is 7.99. The van der Waals surface area contributed by atoms with Crippen molar-refractivity contribution in [2.75, 3.05) is 18.6 Å². The Bertz CT molecular complexity index is 87.9. The van der Waals surface area contributed by atoms with E-state index in [-0.39, 0.29) is 0 Å². The summed E-state index contributed by atoms with van der Waals surface area (Å²) in [6.45, 7) is 0. The monoisotopic (exact) mass is 129 g/mol. The molecule has 0 radical (unpaired) electrons. The molecule has 2 aliphatic rings. The largest absolute Gasteiger partial charge is 0.316 e. The fourth-order valence-electron chi connectivity index (χ4n) is 1.67. The van der Waals surface area contributed by atoms with Gasteiger partial charge in [-0.15, -0.1) is 0 Å². The standard InChI is InChI=1S/C6H11NS/c1-7-6-4-2-8-3-5(4)6/h4-7H,2-3H2,1H3. The van der Waals surface area contributed by atoms with Gasteiger partial charge in [-0.1, -0.05) is 0 Å². The Kier molecular flexibility index (Phi) is 1.05. The van der Waals surface area contributed by atoms with Gasteiger partial charge in [0, 0.05) is 6.04 Å². The van der Waals surface area contributed by atoms with E-state index in [1.165, 1.54) is 11.5 Å². The third-order valence-corrected chi connectivity index (χ3v) is 3.53. The Labute approximate surface area is 54.2 Å². The summed E-state index contributed by atoms with van der Waals surface area (Å²) in [5.41, 5.74) is 0. The number of hydrogen-bond donors (Lipinski definition) is 1. The lowest BCUT2D eigenvalue weighted by molar-refractivity contribution is 0.733. The van der Waals surface area contributed by atoms with Gasteiger partial charge in [0.2, 0.25) is 0 Å². The van der Waals surface area contributed by atoms with E-state index >= 15 is 0 Å². The van der Waals surface area contributed by atoms with E-state index in [4.69, 9.17) is 0 Å². The molecule has 8 heavy (non-hydrogen) atoms. The molecule has 1 aliphatic heterocycles.